The van der Waals surface area contributed by atoms with Crippen molar-refractivity contribution in [3.05, 3.63) is 54.1 Å². The van der Waals surface area contributed by atoms with Gasteiger partial charge in [-0.15, -0.1) is 11.8 Å². The summed E-state index contributed by atoms with van der Waals surface area (Å²) in [7, 11) is 3.40. The molecule has 6 nitrogen and oxygen atoms in total. The van der Waals surface area contributed by atoms with Gasteiger partial charge in [-0.3, -0.25) is 14.4 Å². The highest BCUT2D eigenvalue weighted by Gasteiger charge is 2.16. The predicted octanol–water partition coefficient (Wildman–Crippen LogP) is 4.47. The van der Waals surface area contributed by atoms with Crippen molar-refractivity contribution in [2.75, 3.05) is 30.5 Å². The maximum atomic E-state index is 12.3. The minimum Gasteiger partial charge on any atom is -0.339 e. The summed E-state index contributed by atoms with van der Waals surface area (Å²) in [6.45, 7) is 3.75. The molecule has 2 aromatic rings. The van der Waals surface area contributed by atoms with Crippen LogP contribution in [-0.4, -0.2) is 47.1 Å². The number of thioether (sulfide) groups is 2. The highest BCUT2D eigenvalue weighted by molar-refractivity contribution is 8.13. The molecule has 29 heavy (non-hydrogen) atoms. The third-order valence-electron chi connectivity index (χ3n) is 3.86. The van der Waals surface area contributed by atoms with Crippen molar-refractivity contribution in [3.63, 3.8) is 0 Å². The highest BCUT2D eigenvalue weighted by atomic mass is 32.2. The van der Waals surface area contributed by atoms with Crippen molar-refractivity contribution in [2.24, 2.45) is 0 Å². The molecule has 0 fully saturated rings. The molecule has 1 atom stereocenters. The molecule has 2 N–H and O–H groups in total. The Hall–Kier alpha value is -2.45. The third kappa shape index (κ3) is 7.83. The molecule has 8 heteroatoms. The van der Waals surface area contributed by atoms with E-state index in [1.54, 1.807) is 45.3 Å². The summed E-state index contributed by atoms with van der Waals surface area (Å²) in [5.41, 5.74) is 2.51. The Bertz CT molecular complexity index is 852. The Morgan fingerprint density at radius 1 is 0.931 bits per heavy atom. The Labute approximate surface area is 179 Å². The van der Waals surface area contributed by atoms with Gasteiger partial charge in [0, 0.05) is 30.4 Å². The molecule has 0 aliphatic heterocycles. The molecule has 154 valence electrons. The Morgan fingerprint density at radius 3 is 2.07 bits per heavy atom. The SMILES string of the molecule is Cc1ccc(NC(=O)CSC(C)C(=O)Nc2ccc(SC(=O)N(C)C)cc2)cc1. The zero-order valence-corrected chi connectivity index (χ0v) is 18.5. The number of hydrogen-bond donors (Lipinski definition) is 2. The van der Waals surface area contributed by atoms with E-state index < -0.39 is 0 Å². The molecule has 2 aromatic carbocycles. The van der Waals surface area contributed by atoms with E-state index in [1.807, 2.05) is 31.2 Å². The van der Waals surface area contributed by atoms with Crippen LogP contribution in [0.15, 0.2) is 53.4 Å². The van der Waals surface area contributed by atoms with Crippen molar-refractivity contribution in [3.8, 4) is 0 Å². The molecule has 3 amide bonds. The van der Waals surface area contributed by atoms with E-state index in [0.29, 0.717) is 5.69 Å². The molecule has 0 heterocycles. The zero-order valence-electron chi connectivity index (χ0n) is 16.9. The second kappa shape index (κ2) is 10.9. The van der Waals surface area contributed by atoms with Crippen LogP contribution in [0.1, 0.15) is 12.5 Å². The molecule has 0 spiro atoms. The van der Waals surface area contributed by atoms with Crippen LogP contribution in [0.4, 0.5) is 16.2 Å². The molecule has 1 unspecified atom stereocenters. The number of anilines is 2. The summed E-state index contributed by atoms with van der Waals surface area (Å²) < 4.78 is 0. The van der Waals surface area contributed by atoms with Crippen LogP contribution in [0.3, 0.4) is 0 Å². The zero-order chi connectivity index (χ0) is 21.4. The van der Waals surface area contributed by atoms with Gasteiger partial charge in [0.15, 0.2) is 0 Å². The normalized spacial score (nSPS) is 11.4. The first-order chi connectivity index (χ1) is 13.7. The third-order valence-corrected chi connectivity index (χ3v) is 6.05. The number of nitrogens with zero attached hydrogens (tertiary/aromatic N) is 1. The van der Waals surface area contributed by atoms with E-state index in [2.05, 4.69) is 10.6 Å². The van der Waals surface area contributed by atoms with Gasteiger partial charge in [-0.1, -0.05) is 17.7 Å². The molecule has 2 rings (SSSR count). The molecule has 0 aliphatic rings. The molecule has 0 aliphatic carbocycles. The minimum absolute atomic E-state index is 0.0595. The van der Waals surface area contributed by atoms with E-state index >= 15 is 0 Å². The molecule has 0 aromatic heterocycles. The van der Waals surface area contributed by atoms with Crippen LogP contribution in [0.2, 0.25) is 0 Å². The van der Waals surface area contributed by atoms with Crippen molar-refractivity contribution in [1.82, 2.24) is 4.90 Å². The first kappa shape index (κ1) is 22.8. The number of carbonyl (C=O) groups is 3. The Morgan fingerprint density at radius 2 is 1.48 bits per heavy atom. The van der Waals surface area contributed by atoms with Crippen molar-refractivity contribution >= 4 is 52.0 Å². The number of hydrogen-bond acceptors (Lipinski definition) is 5. The monoisotopic (exact) mass is 431 g/mol. The fourth-order valence-corrected chi connectivity index (χ4v) is 3.49. The van der Waals surface area contributed by atoms with E-state index in [4.69, 9.17) is 0 Å². The van der Waals surface area contributed by atoms with Gasteiger partial charge in [0.05, 0.1) is 11.0 Å². The predicted molar refractivity (Wildman–Crippen MR) is 122 cm³/mol. The van der Waals surface area contributed by atoms with E-state index in [9.17, 15) is 14.4 Å². The van der Waals surface area contributed by atoms with E-state index in [0.717, 1.165) is 27.9 Å². The maximum Gasteiger partial charge on any atom is 0.285 e. The smallest absolute Gasteiger partial charge is 0.285 e. The summed E-state index contributed by atoms with van der Waals surface area (Å²) in [6, 6.07) is 14.6. The van der Waals surface area contributed by atoms with E-state index in [-0.39, 0.29) is 28.1 Å². The summed E-state index contributed by atoms with van der Waals surface area (Å²) in [5.74, 6) is -0.140. The quantitative estimate of drug-likeness (QED) is 0.633. The second-order valence-electron chi connectivity index (χ2n) is 6.64. The number of aryl methyl sites for hydroxylation is 1. The van der Waals surface area contributed by atoms with Crippen molar-refractivity contribution in [2.45, 2.75) is 24.0 Å². The number of amides is 3. The van der Waals surface area contributed by atoms with Gasteiger partial charge in [0.25, 0.3) is 5.24 Å². The first-order valence-electron chi connectivity index (χ1n) is 9.03. The number of benzene rings is 2. The molecule has 0 saturated carbocycles. The molecule has 0 bridgehead atoms. The van der Waals surface area contributed by atoms with Crippen LogP contribution in [-0.2, 0) is 9.59 Å². The maximum absolute atomic E-state index is 12.3. The van der Waals surface area contributed by atoms with Gasteiger partial charge in [-0.05, 0) is 62.0 Å². The summed E-state index contributed by atoms with van der Waals surface area (Å²) in [4.78, 5) is 38.4. The van der Waals surface area contributed by atoms with Crippen molar-refractivity contribution < 1.29 is 14.4 Å². The lowest BCUT2D eigenvalue weighted by Gasteiger charge is -2.13. The number of nitrogens with one attached hydrogen (secondary N) is 2. The van der Waals surface area contributed by atoms with Gasteiger partial charge in [-0.25, -0.2) is 0 Å². The van der Waals surface area contributed by atoms with Crippen LogP contribution < -0.4 is 10.6 Å². The van der Waals surface area contributed by atoms with Crippen molar-refractivity contribution in [1.29, 1.82) is 0 Å². The van der Waals surface area contributed by atoms with E-state index in [1.165, 1.54) is 16.7 Å². The van der Waals surface area contributed by atoms with Crippen LogP contribution in [0.25, 0.3) is 0 Å². The lowest BCUT2D eigenvalue weighted by Crippen LogP contribution is -2.25. The topological polar surface area (TPSA) is 78.5 Å². The molecule has 0 radical (unpaired) electrons. The summed E-state index contributed by atoms with van der Waals surface area (Å²) in [6.07, 6.45) is 0. The fourth-order valence-electron chi connectivity index (χ4n) is 2.15. The van der Waals surface area contributed by atoms with Gasteiger partial charge < -0.3 is 15.5 Å². The molecular weight excluding hydrogens is 406 g/mol. The summed E-state index contributed by atoms with van der Waals surface area (Å²) >= 11 is 2.39. The van der Waals surface area contributed by atoms with Crippen LogP contribution in [0, 0.1) is 6.92 Å². The number of carbonyl (C=O) groups excluding carboxylic acids is 3. The van der Waals surface area contributed by atoms with Gasteiger partial charge in [0.2, 0.25) is 11.8 Å². The first-order valence-corrected chi connectivity index (χ1v) is 10.9. The highest BCUT2D eigenvalue weighted by Crippen LogP contribution is 2.23. The van der Waals surface area contributed by atoms with Gasteiger partial charge in [0.1, 0.15) is 0 Å². The average Bonchev–Trinajstić information content (AvgIpc) is 2.69. The lowest BCUT2D eigenvalue weighted by atomic mass is 10.2. The second-order valence-corrected chi connectivity index (χ2v) is 9.00. The Kier molecular flexibility index (Phi) is 8.60. The lowest BCUT2D eigenvalue weighted by molar-refractivity contribution is -0.115. The molecule has 0 saturated heterocycles. The van der Waals surface area contributed by atoms with Gasteiger partial charge >= 0.3 is 0 Å². The van der Waals surface area contributed by atoms with Gasteiger partial charge in [-0.2, -0.15) is 0 Å². The Balaban J connectivity index is 1.78. The van der Waals surface area contributed by atoms with Crippen LogP contribution in [0.5, 0.6) is 0 Å². The largest absolute Gasteiger partial charge is 0.339 e. The number of rotatable bonds is 7. The minimum atomic E-state index is -0.386. The summed E-state index contributed by atoms with van der Waals surface area (Å²) in [5, 5.41) is 5.20. The van der Waals surface area contributed by atoms with Crippen LogP contribution >= 0.6 is 23.5 Å². The average molecular weight is 432 g/mol. The fraction of sp³-hybridized carbons (Fsp3) is 0.286. The standard InChI is InChI=1S/C21H25N3O3S2/c1-14-5-7-16(8-6-14)22-19(25)13-28-15(2)20(26)23-17-9-11-18(12-10-17)29-21(27)24(3)4/h5-12,15H,13H2,1-4H3,(H,22,25)(H,23,26). The molecular formula is C21H25N3O3S2.